The molecule has 5 rings (SSSR count). The number of aryl methyl sites for hydroxylation is 2. The van der Waals surface area contributed by atoms with E-state index in [2.05, 4.69) is 18.2 Å². The lowest BCUT2D eigenvalue weighted by atomic mass is 9.96. The van der Waals surface area contributed by atoms with Gasteiger partial charge in [-0.25, -0.2) is 0 Å². The van der Waals surface area contributed by atoms with Crippen molar-refractivity contribution < 1.29 is 14.6 Å². The Balaban J connectivity index is 2.00. The van der Waals surface area contributed by atoms with E-state index in [1.165, 1.54) is 17.5 Å². The Morgan fingerprint density at radius 3 is 2.74 bits per heavy atom. The summed E-state index contributed by atoms with van der Waals surface area (Å²) < 4.78 is 12.0. The maximum Gasteiger partial charge on any atom is 0.169 e. The van der Waals surface area contributed by atoms with Crippen LogP contribution in [0.5, 0.6) is 17.2 Å². The number of hydrogen-bond donors (Lipinski definition) is 1. The first-order valence-electron chi connectivity index (χ1n) is 8.44. The molecule has 23 heavy (non-hydrogen) atoms. The number of aromatic hydroxyl groups is 1. The number of methoxy groups -OCH3 is 1. The van der Waals surface area contributed by atoms with Crippen LogP contribution in [0.1, 0.15) is 36.8 Å². The lowest BCUT2D eigenvalue weighted by Gasteiger charge is -2.24. The lowest BCUT2D eigenvalue weighted by Crippen LogP contribution is -2.19. The van der Waals surface area contributed by atoms with E-state index in [-0.39, 0.29) is 6.10 Å². The Labute approximate surface area is 136 Å². The zero-order chi connectivity index (χ0) is 15.8. The van der Waals surface area contributed by atoms with Gasteiger partial charge in [-0.3, -0.25) is 0 Å². The van der Waals surface area contributed by atoms with Crippen molar-refractivity contribution in [1.29, 1.82) is 0 Å². The van der Waals surface area contributed by atoms with Gasteiger partial charge in [-0.15, -0.1) is 0 Å². The maximum atomic E-state index is 10.4. The van der Waals surface area contributed by atoms with Gasteiger partial charge in [-0.1, -0.05) is 6.07 Å². The van der Waals surface area contributed by atoms with Crippen molar-refractivity contribution >= 4 is 0 Å². The minimum absolute atomic E-state index is 0.197. The molecule has 0 spiro atoms. The predicted molar refractivity (Wildman–Crippen MR) is 90.4 cm³/mol. The highest BCUT2D eigenvalue weighted by Gasteiger charge is 2.24. The van der Waals surface area contributed by atoms with Gasteiger partial charge in [0.15, 0.2) is 11.5 Å². The van der Waals surface area contributed by atoms with Crippen LogP contribution in [0.2, 0.25) is 0 Å². The molecule has 0 aliphatic carbocycles. The molecule has 0 unspecified atom stereocenters. The summed E-state index contributed by atoms with van der Waals surface area (Å²) in [6.07, 6.45) is 6.62. The van der Waals surface area contributed by atoms with Gasteiger partial charge < -0.3 is 14.6 Å². The molecule has 0 saturated heterocycles. The summed E-state index contributed by atoms with van der Waals surface area (Å²) in [5.74, 6) is 1.85. The summed E-state index contributed by atoms with van der Waals surface area (Å²) in [6, 6.07) is 10.2. The number of rotatable bonds is 1. The van der Waals surface area contributed by atoms with Crippen LogP contribution < -0.4 is 9.47 Å². The van der Waals surface area contributed by atoms with Gasteiger partial charge in [0.05, 0.1) is 13.2 Å². The number of fused-ring (bicyclic) bond motifs is 6. The smallest absolute Gasteiger partial charge is 0.169 e. The number of phenolic OH excluding ortho intramolecular Hbond substituents is 1. The van der Waals surface area contributed by atoms with Crippen molar-refractivity contribution in [3.05, 3.63) is 41.5 Å². The topological polar surface area (TPSA) is 38.7 Å². The number of hydrogen-bond acceptors (Lipinski definition) is 3. The van der Waals surface area contributed by atoms with E-state index in [4.69, 9.17) is 9.47 Å². The molecule has 3 aliphatic rings. The fourth-order valence-electron chi connectivity index (χ4n) is 3.69. The van der Waals surface area contributed by atoms with Gasteiger partial charge in [-0.2, -0.15) is 0 Å². The Morgan fingerprint density at radius 1 is 1.00 bits per heavy atom. The minimum atomic E-state index is 0.197. The van der Waals surface area contributed by atoms with E-state index >= 15 is 0 Å². The summed E-state index contributed by atoms with van der Waals surface area (Å²) in [5, 5.41) is 10.4. The first kappa shape index (κ1) is 14.4. The van der Waals surface area contributed by atoms with E-state index in [0.717, 1.165) is 54.7 Å². The molecule has 2 aromatic rings. The Bertz CT molecular complexity index is 736. The molecule has 0 fully saturated rings. The summed E-state index contributed by atoms with van der Waals surface area (Å²) >= 11 is 0. The number of phenols is 1. The molecule has 0 saturated carbocycles. The van der Waals surface area contributed by atoms with Crippen molar-refractivity contribution in [1.82, 2.24) is 0 Å². The van der Waals surface area contributed by atoms with Crippen LogP contribution in [0, 0.1) is 0 Å². The van der Waals surface area contributed by atoms with Gasteiger partial charge in [0.25, 0.3) is 0 Å². The Morgan fingerprint density at radius 2 is 1.87 bits per heavy atom. The van der Waals surface area contributed by atoms with E-state index in [9.17, 15) is 5.11 Å². The second kappa shape index (κ2) is 5.80. The Hall–Kier alpha value is -2.16. The summed E-state index contributed by atoms with van der Waals surface area (Å²) in [4.78, 5) is 0. The summed E-state index contributed by atoms with van der Waals surface area (Å²) in [5.41, 5.74) is 4.29. The van der Waals surface area contributed by atoms with Crippen molar-refractivity contribution in [2.24, 2.45) is 0 Å². The molecule has 3 heterocycles. The van der Waals surface area contributed by atoms with Crippen molar-refractivity contribution in [3.63, 3.8) is 0 Å². The SMILES string of the molecule is COc1cc2cc3c1O[C@@H](CCCC2)CCc1ccc(O)c-3c1. The summed E-state index contributed by atoms with van der Waals surface area (Å²) in [6.45, 7) is 0. The van der Waals surface area contributed by atoms with Gasteiger partial charge in [0, 0.05) is 11.1 Å². The molecule has 2 aromatic carbocycles. The molecule has 1 N–H and O–H groups in total. The molecule has 0 radical (unpaired) electrons. The van der Waals surface area contributed by atoms with E-state index in [1.54, 1.807) is 13.2 Å². The second-order valence-electron chi connectivity index (χ2n) is 6.55. The molecular weight excluding hydrogens is 288 g/mol. The number of ether oxygens (including phenoxy) is 2. The Kier molecular flexibility index (Phi) is 3.64. The standard InChI is InChI=1S/C20H22O3/c1-22-19-12-14-4-2-3-5-15-8-6-13-7-9-18(21)16(10-13)17(11-14)20(19)23-15/h7,9-12,15,21H,2-6,8H2,1H3/t15-/m0/s1. The zero-order valence-electron chi connectivity index (χ0n) is 13.5. The highest BCUT2D eigenvalue weighted by Crippen LogP contribution is 2.45. The molecule has 1 atom stereocenters. The summed E-state index contributed by atoms with van der Waals surface area (Å²) in [7, 11) is 1.69. The quantitative estimate of drug-likeness (QED) is 0.843. The molecule has 3 aliphatic heterocycles. The lowest BCUT2D eigenvalue weighted by molar-refractivity contribution is 0.171. The van der Waals surface area contributed by atoms with Crippen molar-refractivity contribution in [3.8, 4) is 28.4 Å². The molecule has 120 valence electrons. The van der Waals surface area contributed by atoms with Gasteiger partial charge >= 0.3 is 0 Å². The van der Waals surface area contributed by atoms with Crippen LogP contribution in [0.4, 0.5) is 0 Å². The monoisotopic (exact) mass is 310 g/mol. The highest BCUT2D eigenvalue weighted by molar-refractivity contribution is 5.79. The molecular formula is C20H22O3. The maximum absolute atomic E-state index is 10.4. The van der Waals surface area contributed by atoms with Crippen LogP contribution in [0.15, 0.2) is 30.3 Å². The zero-order valence-corrected chi connectivity index (χ0v) is 13.5. The largest absolute Gasteiger partial charge is 0.507 e. The third kappa shape index (κ3) is 2.65. The van der Waals surface area contributed by atoms with E-state index < -0.39 is 0 Å². The van der Waals surface area contributed by atoms with Gasteiger partial charge in [0.2, 0.25) is 0 Å². The molecule has 3 heteroatoms. The van der Waals surface area contributed by atoms with Crippen LogP contribution in [-0.2, 0) is 12.8 Å². The first-order valence-corrected chi connectivity index (χ1v) is 8.44. The first-order chi connectivity index (χ1) is 11.2. The molecule has 6 bridgehead atoms. The van der Waals surface area contributed by atoms with Crippen LogP contribution in [0.3, 0.4) is 0 Å². The third-order valence-corrected chi connectivity index (χ3v) is 4.97. The predicted octanol–water partition coefficient (Wildman–Crippen LogP) is 4.49. The molecule has 3 nitrogen and oxygen atoms in total. The average Bonchev–Trinajstić information content (AvgIpc) is 2.64. The normalized spacial score (nSPS) is 19.4. The van der Waals surface area contributed by atoms with E-state index in [0.29, 0.717) is 5.75 Å². The highest BCUT2D eigenvalue weighted by atomic mass is 16.5. The second-order valence-corrected chi connectivity index (χ2v) is 6.55. The fraction of sp³-hybridized carbons (Fsp3) is 0.400. The molecule has 0 amide bonds. The average molecular weight is 310 g/mol. The van der Waals surface area contributed by atoms with Crippen LogP contribution >= 0.6 is 0 Å². The third-order valence-electron chi connectivity index (χ3n) is 4.97. The van der Waals surface area contributed by atoms with Crippen molar-refractivity contribution in [2.45, 2.75) is 44.6 Å². The minimum Gasteiger partial charge on any atom is -0.507 e. The fourth-order valence-corrected chi connectivity index (χ4v) is 3.69. The van der Waals surface area contributed by atoms with Gasteiger partial charge in [-0.05, 0) is 73.9 Å². The number of benzene rings is 2. The molecule has 0 aromatic heterocycles. The van der Waals surface area contributed by atoms with E-state index in [1.807, 2.05) is 6.07 Å². The van der Waals surface area contributed by atoms with Crippen molar-refractivity contribution in [2.75, 3.05) is 7.11 Å². The van der Waals surface area contributed by atoms with Crippen LogP contribution in [-0.4, -0.2) is 18.3 Å². The van der Waals surface area contributed by atoms with Gasteiger partial charge in [0.1, 0.15) is 5.75 Å². The van der Waals surface area contributed by atoms with Crippen LogP contribution in [0.25, 0.3) is 11.1 Å².